The maximum absolute atomic E-state index is 13.6. The van der Waals surface area contributed by atoms with Crippen LogP contribution in [0, 0.1) is 5.82 Å². The van der Waals surface area contributed by atoms with Gasteiger partial charge in [-0.15, -0.1) is 0 Å². The van der Waals surface area contributed by atoms with Gasteiger partial charge >= 0.3 is 0 Å². The van der Waals surface area contributed by atoms with Gasteiger partial charge < -0.3 is 10.5 Å². The molecule has 0 atom stereocenters. The molecule has 2 N–H and O–H groups in total. The summed E-state index contributed by atoms with van der Waals surface area (Å²) in [5.41, 5.74) is 6.38. The number of aromatic nitrogens is 2. The SMILES string of the molecule is CCc1c(N)ncnc1Oc1ccc(Br)cc1F. The number of nitrogens with zero attached hydrogens (tertiary/aromatic N) is 2. The van der Waals surface area contributed by atoms with Crippen LogP contribution in [0.5, 0.6) is 11.6 Å². The van der Waals surface area contributed by atoms with Gasteiger partial charge in [-0.25, -0.2) is 14.4 Å². The van der Waals surface area contributed by atoms with E-state index >= 15 is 0 Å². The molecule has 4 nitrogen and oxygen atoms in total. The molecule has 0 unspecified atom stereocenters. The normalized spacial score (nSPS) is 10.4. The van der Waals surface area contributed by atoms with Crippen LogP contribution >= 0.6 is 15.9 Å². The summed E-state index contributed by atoms with van der Waals surface area (Å²) in [5, 5.41) is 0. The van der Waals surface area contributed by atoms with Gasteiger partial charge in [0.05, 0.1) is 5.56 Å². The van der Waals surface area contributed by atoms with Gasteiger partial charge in [-0.05, 0) is 24.6 Å². The van der Waals surface area contributed by atoms with Crippen molar-refractivity contribution in [1.82, 2.24) is 9.97 Å². The van der Waals surface area contributed by atoms with Gasteiger partial charge in [-0.2, -0.15) is 0 Å². The van der Waals surface area contributed by atoms with Crippen molar-refractivity contribution >= 4 is 21.7 Å². The van der Waals surface area contributed by atoms with E-state index in [1.807, 2.05) is 6.92 Å². The molecule has 1 aromatic heterocycles. The Morgan fingerprint density at radius 1 is 1.39 bits per heavy atom. The first-order chi connectivity index (χ1) is 8.61. The van der Waals surface area contributed by atoms with Crippen molar-refractivity contribution in [3.05, 3.63) is 40.4 Å². The quantitative estimate of drug-likeness (QED) is 0.944. The van der Waals surface area contributed by atoms with Crippen LogP contribution in [0.3, 0.4) is 0 Å². The third-order valence-corrected chi connectivity index (χ3v) is 2.89. The van der Waals surface area contributed by atoms with E-state index < -0.39 is 5.82 Å². The number of hydrogen-bond acceptors (Lipinski definition) is 4. The van der Waals surface area contributed by atoms with Crippen molar-refractivity contribution < 1.29 is 9.13 Å². The minimum Gasteiger partial charge on any atom is -0.435 e. The molecule has 18 heavy (non-hydrogen) atoms. The summed E-state index contributed by atoms with van der Waals surface area (Å²) in [4.78, 5) is 7.85. The Kier molecular flexibility index (Phi) is 3.76. The third kappa shape index (κ3) is 2.59. The minimum absolute atomic E-state index is 0.103. The standard InChI is InChI=1S/C12H11BrFN3O/c1-2-8-11(15)16-6-17-12(8)18-10-4-3-7(13)5-9(10)14/h3-6H,2H2,1H3,(H2,15,16,17). The minimum atomic E-state index is -0.469. The van der Waals surface area contributed by atoms with Crippen LogP contribution in [0.25, 0.3) is 0 Å². The lowest BCUT2D eigenvalue weighted by atomic mass is 10.2. The first kappa shape index (κ1) is 12.8. The first-order valence-electron chi connectivity index (χ1n) is 5.34. The van der Waals surface area contributed by atoms with Crippen LogP contribution in [0.4, 0.5) is 10.2 Å². The fourth-order valence-corrected chi connectivity index (χ4v) is 1.82. The van der Waals surface area contributed by atoms with Gasteiger partial charge in [0.15, 0.2) is 11.6 Å². The Morgan fingerprint density at radius 2 is 2.17 bits per heavy atom. The molecule has 0 saturated carbocycles. The monoisotopic (exact) mass is 311 g/mol. The van der Waals surface area contributed by atoms with E-state index in [9.17, 15) is 4.39 Å². The van der Waals surface area contributed by atoms with Crippen molar-refractivity contribution in [3.8, 4) is 11.6 Å². The van der Waals surface area contributed by atoms with Crippen molar-refractivity contribution in [2.24, 2.45) is 0 Å². The molecule has 0 bridgehead atoms. The number of rotatable bonds is 3. The highest BCUT2D eigenvalue weighted by Crippen LogP contribution is 2.29. The predicted molar refractivity (Wildman–Crippen MR) is 70.0 cm³/mol. The molecule has 0 spiro atoms. The second-order valence-corrected chi connectivity index (χ2v) is 4.49. The zero-order chi connectivity index (χ0) is 13.1. The molecule has 0 fully saturated rings. The molecule has 0 aliphatic carbocycles. The second kappa shape index (κ2) is 5.30. The van der Waals surface area contributed by atoms with Gasteiger partial charge in [-0.3, -0.25) is 0 Å². The third-order valence-electron chi connectivity index (χ3n) is 2.39. The zero-order valence-electron chi connectivity index (χ0n) is 9.65. The summed E-state index contributed by atoms with van der Waals surface area (Å²) < 4.78 is 19.7. The molecule has 1 aromatic carbocycles. The molecule has 1 heterocycles. The van der Waals surface area contributed by atoms with Crippen molar-refractivity contribution in [2.75, 3.05) is 5.73 Å². The Morgan fingerprint density at radius 3 is 2.83 bits per heavy atom. The first-order valence-corrected chi connectivity index (χ1v) is 6.13. The molecular weight excluding hydrogens is 301 g/mol. The summed E-state index contributed by atoms with van der Waals surface area (Å²) in [6.07, 6.45) is 1.90. The highest BCUT2D eigenvalue weighted by molar-refractivity contribution is 9.10. The van der Waals surface area contributed by atoms with Crippen LogP contribution in [0.15, 0.2) is 29.0 Å². The molecule has 6 heteroatoms. The Hall–Kier alpha value is -1.69. The van der Waals surface area contributed by atoms with Gasteiger partial charge in [-0.1, -0.05) is 22.9 Å². The lowest BCUT2D eigenvalue weighted by Gasteiger charge is -2.10. The summed E-state index contributed by atoms with van der Waals surface area (Å²) in [7, 11) is 0. The van der Waals surface area contributed by atoms with Crippen LogP contribution in [-0.4, -0.2) is 9.97 Å². The topological polar surface area (TPSA) is 61.0 Å². The molecule has 0 saturated heterocycles. The van der Waals surface area contributed by atoms with Crippen molar-refractivity contribution in [2.45, 2.75) is 13.3 Å². The van der Waals surface area contributed by atoms with Gasteiger partial charge in [0.25, 0.3) is 0 Å². The number of benzene rings is 1. The molecule has 2 rings (SSSR count). The number of anilines is 1. The molecule has 0 radical (unpaired) electrons. The average Bonchev–Trinajstić information content (AvgIpc) is 2.33. The summed E-state index contributed by atoms with van der Waals surface area (Å²) in [6, 6.07) is 4.54. The van der Waals surface area contributed by atoms with Gasteiger partial charge in [0, 0.05) is 4.47 Å². The Balaban J connectivity index is 2.37. The van der Waals surface area contributed by atoms with E-state index in [1.165, 1.54) is 18.5 Å². The van der Waals surface area contributed by atoms with Crippen LogP contribution in [0.2, 0.25) is 0 Å². The molecule has 0 aliphatic heterocycles. The number of nitrogens with two attached hydrogens (primary N) is 1. The largest absolute Gasteiger partial charge is 0.435 e. The Bertz CT molecular complexity index is 577. The summed E-state index contributed by atoms with van der Waals surface area (Å²) in [5.74, 6) is 0.265. The molecular formula is C12H11BrFN3O. The number of hydrogen-bond donors (Lipinski definition) is 1. The lowest BCUT2D eigenvalue weighted by molar-refractivity contribution is 0.422. The maximum atomic E-state index is 13.6. The maximum Gasteiger partial charge on any atom is 0.227 e. The molecule has 2 aromatic rings. The van der Waals surface area contributed by atoms with Crippen LogP contribution in [-0.2, 0) is 6.42 Å². The predicted octanol–water partition coefficient (Wildman–Crippen LogP) is 3.32. The van der Waals surface area contributed by atoms with Gasteiger partial charge in [0.1, 0.15) is 12.1 Å². The highest BCUT2D eigenvalue weighted by atomic mass is 79.9. The van der Waals surface area contributed by atoms with Crippen LogP contribution in [0.1, 0.15) is 12.5 Å². The zero-order valence-corrected chi connectivity index (χ0v) is 11.2. The molecule has 0 aliphatic rings. The number of nitrogen functional groups attached to an aromatic ring is 1. The van der Waals surface area contributed by atoms with E-state index in [1.54, 1.807) is 6.07 Å². The molecule has 0 amide bonds. The van der Waals surface area contributed by atoms with Crippen LogP contribution < -0.4 is 10.5 Å². The van der Waals surface area contributed by atoms with Gasteiger partial charge in [0.2, 0.25) is 5.88 Å². The smallest absolute Gasteiger partial charge is 0.227 e. The van der Waals surface area contributed by atoms with E-state index in [2.05, 4.69) is 25.9 Å². The average molecular weight is 312 g/mol. The van der Waals surface area contributed by atoms with E-state index in [0.29, 0.717) is 22.3 Å². The summed E-state index contributed by atoms with van der Waals surface area (Å²) >= 11 is 3.18. The second-order valence-electron chi connectivity index (χ2n) is 3.57. The molecule has 94 valence electrons. The highest BCUT2D eigenvalue weighted by Gasteiger charge is 2.12. The Labute approximate surface area is 112 Å². The van der Waals surface area contributed by atoms with E-state index in [-0.39, 0.29) is 11.6 Å². The number of halogens is 2. The summed E-state index contributed by atoms with van der Waals surface area (Å²) in [6.45, 7) is 1.90. The fourth-order valence-electron chi connectivity index (χ4n) is 1.49. The lowest BCUT2D eigenvalue weighted by Crippen LogP contribution is -2.02. The fraction of sp³-hybridized carbons (Fsp3) is 0.167. The van der Waals surface area contributed by atoms with Crippen molar-refractivity contribution in [1.29, 1.82) is 0 Å². The van der Waals surface area contributed by atoms with Crippen molar-refractivity contribution in [3.63, 3.8) is 0 Å². The number of ether oxygens (including phenoxy) is 1. The van der Waals surface area contributed by atoms with E-state index in [0.717, 1.165) is 0 Å². The van der Waals surface area contributed by atoms with E-state index in [4.69, 9.17) is 10.5 Å².